The molecule has 0 saturated heterocycles. The van der Waals surface area contributed by atoms with E-state index in [2.05, 4.69) is 9.97 Å². The zero-order valence-corrected chi connectivity index (χ0v) is 9.50. The number of H-pyrrole nitrogens is 1. The first kappa shape index (κ1) is 11.7. The van der Waals surface area contributed by atoms with Gasteiger partial charge in [-0.15, -0.1) is 0 Å². The van der Waals surface area contributed by atoms with Gasteiger partial charge in [-0.1, -0.05) is 23.9 Å². The van der Waals surface area contributed by atoms with E-state index >= 15 is 0 Å². The molecule has 0 aliphatic rings. The normalized spacial score (nSPS) is 10.4. The number of thioether (sulfide) groups is 1. The van der Waals surface area contributed by atoms with E-state index in [0.29, 0.717) is 16.4 Å². The SMILES string of the molecule is O=C(O)CSc1ncc(-c2ccccc2F)[nH]1. The first-order chi connectivity index (χ1) is 8.16. The van der Waals surface area contributed by atoms with Gasteiger partial charge in [-0.2, -0.15) is 0 Å². The van der Waals surface area contributed by atoms with Gasteiger partial charge in [-0.3, -0.25) is 4.79 Å². The highest BCUT2D eigenvalue weighted by atomic mass is 32.2. The minimum Gasteiger partial charge on any atom is -0.481 e. The Bertz CT molecular complexity index is 542. The van der Waals surface area contributed by atoms with Gasteiger partial charge in [-0.05, 0) is 12.1 Å². The van der Waals surface area contributed by atoms with Crippen molar-refractivity contribution in [1.29, 1.82) is 0 Å². The molecule has 0 bridgehead atoms. The van der Waals surface area contributed by atoms with Gasteiger partial charge in [0.1, 0.15) is 5.82 Å². The molecular weight excluding hydrogens is 243 g/mol. The van der Waals surface area contributed by atoms with Crippen molar-refractivity contribution < 1.29 is 14.3 Å². The summed E-state index contributed by atoms with van der Waals surface area (Å²) in [5.74, 6) is -1.34. The Hall–Kier alpha value is -1.82. The standard InChI is InChI=1S/C11H9FN2O2S/c12-8-4-2-1-3-7(8)9-5-13-11(14-9)17-6-10(15)16/h1-5H,6H2,(H,13,14)(H,15,16). The minimum absolute atomic E-state index is 0.0791. The van der Waals surface area contributed by atoms with Gasteiger partial charge in [-0.25, -0.2) is 9.37 Å². The number of aromatic nitrogens is 2. The molecule has 17 heavy (non-hydrogen) atoms. The highest BCUT2D eigenvalue weighted by Gasteiger charge is 2.08. The maximum atomic E-state index is 13.4. The van der Waals surface area contributed by atoms with Crippen LogP contribution in [-0.2, 0) is 4.79 Å². The van der Waals surface area contributed by atoms with Gasteiger partial charge in [0.15, 0.2) is 5.16 Å². The van der Waals surface area contributed by atoms with Crippen LogP contribution in [0.5, 0.6) is 0 Å². The molecule has 0 atom stereocenters. The molecular formula is C11H9FN2O2S. The molecule has 0 spiro atoms. The van der Waals surface area contributed by atoms with Gasteiger partial charge in [0, 0.05) is 5.56 Å². The van der Waals surface area contributed by atoms with Crippen molar-refractivity contribution in [2.75, 3.05) is 5.75 Å². The molecule has 0 aliphatic carbocycles. The quantitative estimate of drug-likeness (QED) is 0.820. The van der Waals surface area contributed by atoms with Crippen LogP contribution in [0, 0.1) is 5.82 Å². The number of imidazole rings is 1. The van der Waals surface area contributed by atoms with E-state index < -0.39 is 5.97 Å². The third-order valence-electron chi connectivity index (χ3n) is 2.05. The first-order valence-corrected chi connectivity index (χ1v) is 5.80. The summed E-state index contributed by atoms with van der Waals surface area (Å²) in [4.78, 5) is 17.2. The van der Waals surface area contributed by atoms with Gasteiger partial charge < -0.3 is 10.1 Å². The number of benzene rings is 1. The Morgan fingerprint density at radius 2 is 2.24 bits per heavy atom. The van der Waals surface area contributed by atoms with E-state index in [9.17, 15) is 9.18 Å². The third-order valence-corrected chi connectivity index (χ3v) is 2.92. The molecule has 2 aromatic rings. The Balaban J connectivity index is 2.18. The van der Waals surface area contributed by atoms with Crippen molar-refractivity contribution >= 4 is 17.7 Å². The second-order valence-electron chi connectivity index (χ2n) is 3.26. The Morgan fingerprint density at radius 1 is 1.47 bits per heavy atom. The lowest BCUT2D eigenvalue weighted by molar-refractivity contribution is -0.133. The monoisotopic (exact) mass is 252 g/mol. The Kier molecular flexibility index (Phi) is 3.43. The first-order valence-electron chi connectivity index (χ1n) is 4.81. The van der Waals surface area contributed by atoms with E-state index in [1.54, 1.807) is 18.2 Å². The molecule has 1 aromatic carbocycles. The predicted octanol–water partition coefficient (Wildman–Crippen LogP) is 2.39. The van der Waals surface area contributed by atoms with Crippen LogP contribution in [0.15, 0.2) is 35.6 Å². The Morgan fingerprint density at radius 3 is 2.94 bits per heavy atom. The Labute approximate surface area is 101 Å². The number of hydrogen-bond donors (Lipinski definition) is 2. The van der Waals surface area contributed by atoms with E-state index in [-0.39, 0.29) is 11.6 Å². The van der Waals surface area contributed by atoms with Crippen molar-refractivity contribution in [2.45, 2.75) is 5.16 Å². The van der Waals surface area contributed by atoms with Crippen molar-refractivity contribution in [1.82, 2.24) is 9.97 Å². The molecule has 1 heterocycles. The number of rotatable bonds is 4. The lowest BCUT2D eigenvalue weighted by Crippen LogP contribution is -1.97. The average molecular weight is 252 g/mol. The summed E-state index contributed by atoms with van der Waals surface area (Å²) < 4.78 is 13.4. The van der Waals surface area contributed by atoms with Crippen LogP contribution in [0.1, 0.15) is 0 Å². The fourth-order valence-corrected chi connectivity index (χ4v) is 1.89. The summed E-state index contributed by atoms with van der Waals surface area (Å²) in [5.41, 5.74) is 0.957. The number of halogens is 1. The highest BCUT2D eigenvalue weighted by Crippen LogP contribution is 2.23. The van der Waals surface area contributed by atoms with Crippen LogP contribution in [0.25, 0.3) is 11.3 Å². The number of carboxylic acid groups (broad SMARTS) is 1. The van der Waals surface area contributed by atoms with Gasteiger partial charge in [0.2, 0.25) is 0 Å². The van der Waals surface area contributed by atoms with Crippen molar-refractivity contribution in [3.8, 4) is 11.3 Å². The number of nitrogens with one attached hydrogen (secondary N) is 1. The van der Waals surface area contributed by atoms with Crippen LogP contribution in [0.2, 0.25) is 0 Å². The van der Waals surface area contributed by atoms with Crippen molar-refractivity contribution in [3.05, 3.63) is 36.3 Å². The molecule has 0 saturated carbocycles. The second kappa shape index (κ2) is 5.01. The molecule has 2 N–H and O–H groups in total. The zero-order chi connectivity index (χ0) is 12.3. The number of hydrogen-bond acceptors (Lipinski definition) is 3. The van der Waals surface area contributed by atoms with Crippen molar-refractivity contribution in [2.24, 2.45) is 0 Å². The summed E-state index contributed by atoms with van der Waals surface area (Å²) in [6.45, 7) is 0. The van der Waals surface area contributed by atoms with E-state index in [1.165, 1.54) is 12.3 Å². The van der Waals surface area contributed by atoms with E-state index in [1.807, 2.05) is 0 Å². The van der Waals surface area contributed by atoms with Crippen LogP contribution in [-0.4, -0.2) is 26.8 Å². The maximum absolute atomic E-state index is 13.4. The van der Waals surface area contributed by atoms with E-state index in [0.717, 1.165) is 11.8 Å². The lowest BCUT2D eigenvalue weighted by Gasteiger charge is -1.98. The topological polar surface area (TPSA) is 66.0 Å². The van der Waals surface area contributed by atoms with Gasteiger partial charge in [0.25, 0.3) is 0 Å². The third kappa shape index (κ3) is 2.85. The average Bonchev–Trinajstić information content (AvgIpc) is 2.75. The summed E-state index contributed by atoms with van der Waals surface area (Å²) in [7, 11) is 0. The highest BCUT2D eigenvalue weighted by molar-refractivity contribution is 7.99. The lowest BCUT2D eigenvalue weighted by atomic mass is 10.1. The molecule has 4 nitrogen and oxygen atoms in total. The molecule has 0 amide bonds. The van der Waals surface area contributed by atoms with E-state index in [4.69, 9.17) is 5.11 Å². The van der Waals surface area contributed by atoms with Crippen molar-refractivity contribution in [3.63, 3.8) is 0 Å². The number of aromatic amines is 1. The van der Waals surface area contributed by atoms with Crippen LogP contribution >= 0.6 is 11.8 Å². The van der Waals surface area contributed by atoms with Crippen LogP contribution in [0.3, 0.4) is 0 Å². The second-order valence-corrected chi connectivity index (χ2v) is 4.23. The fraction of sp³-hybridized carbons (Fsp3) is 0.0909. The predicted molar refractivity (Wildman–Crippen MR) is 62.3 cm³/mol. The number of aliphatic carboxylic acids is 1. The zero-order valence-electron chi connectivity index (χ0n) is 8.68. The summed E-state index contributed by atoms with van der Waals surface area (Å²) in [5, 5.41) is 8.98. The smallest absolute Gasteiger partial charge is 0.313 e. The van der Waals surface area contributed by atoms with Gasteiger partial charge >= 0.3 is 5.97 Å². The maximum Gasteiger partial charge on any atom is 0.313 e. The molecule has 88 valence electrons. The number of nitrogens with zero attached hydrogens (tertiary/aromatic N) is 1. The molecule has 0 radical (unpaired) electrons. The molecule has 2 rings (SSSR count). The summed E-state index contributed by atoms with van der Waals surface area (Å²) >= 11 is 1.06. The molecule has 0 unspecified atom stereocenters. The largest absolute Gasteiger partial charge is 0.481 e. The fourth-order valence-electron chi connectivity index (χ4n) is 1.32. The molecule has 0 fully saturated rings. The molecule has 0 aliphatic heterocycles. The minimum atomic E-state index is -0.918. The number of carboxylic acids is 1. The molecule has 1 aromatic heterocycles. The van der Waals surface area contributed by atoms with Crippen LogP contribution < -0.4 is 0 Å². The van der Waals surface area contributed by atoms with Crippen LogP contribution in [0.4, 0.5) is 4.39 Å². The molecule has 6 heteroatoms. The summed E-state index contributed by atoms with van der Waals surface area (Å²) in [6, 6.07) is 6.33. The number of carbonyl (C=O) groups is 1. The van der Waals surface area contributed by atoms with Gasteiger partial charge in [0.05, 0.1) is 17.6 Å². The summed E-state index contributed by atoms with van der Waals surface area (Å²) in [6.07, 6.45) is 1.49.